The van der Waals surface area contributed by atoms with E-state index >= 15 is 0 Å². The Morgan fingerprint density at radius 1 is 1.36 bits per heavy atom. The third kappa shape index (κ3) is 3.01. The van der Waals surface area contributed by atoms with Crippen LogP contribution in [0, 0.1) is 0 Å². The van der Waals surface area contributed by atoms with Gasteiger partial charge in [-0.2, -0.15) is 0 Å². The summed E-state index contributed by atoms with van der Waals surface area (Å²) in [5, 5.41) is 4.95. The minimum Gasteiger partial charge on any atom is -0.454 e. The average Bonchev–Trinajstić information content (AvgIpc) is 3.21. The minimum atomic E-state index is -0.0985. The van der Waals surface area contributed by atoms with Gasteiger partial charge in [0.15, 0.2) is 11.5 Å². The van der Waals surface area contributed by atoms with Crippen molar-refractivity contribution in [1.29, 1.82) is 0 Å². The first-order chi connectivity index (χ1) is 10.6. The molecular weight excluding hydrogens is 300 g/mol. The zero-order chi connectivity index (χ0) is 15.5. The zero-order valence-corrected chi connectivity index (χ0v) is 13.4. The summed E-state index contributed by atoms with van der Waals surface area (Å²) >= 11 is 1.65. The van der Waals surface area contributed by atoms with Gasteiger partial charge >= 0.3 is 6.03 Å². The number of fused-ring (bicyclic) bond motifs is 1. The highest BCUT2D eigenvalue weighted by Crippen LogP contribution is 2.32. The molecule has 1 atom stereocenters. The summed E-state index contributed by atoms with van der Waals surface area (Å²) in [7, 11) is 1.80. The molecule has 1 unspecified atom stereocenters. The van der Waals surface area contributed by atoms with Crippen LogP contribution in [-0.4, -0.2) is 24.8 Å². The van der Waals surface area contributed by atoms with E-state index in [9.17, 15) is 4.79 Å². The quantitative estimate of drug-likeness (QED) is 0.940. The molecule has 0 spiro atoms. The van der Waals surface area contributed by atoms with E-state index in [0.717, 1.165) is 17.1 Å². The fraction of sp³-hybridized carbons (Fsp3) is 0.312. The largest absolute Gasteiger partial charge is 0.454 e. The van der Waals surface area contributed by atoms with Crippen LogP contribution in [-0.2, 0) is 6.54 Å². The number of nitrogens with one attached hydrogen (secondary N) is 1. The molecule has 0 saturated heterocycles. The Labute approximate surface area is 133 Å². The molecule has 0 radical (unpaired) electrons. The van der Waals surface area contributed by atoms with Crippen LogP contribution in [0.1, 0.15) is 23.4 Å². The summed E-state index contributed by atoms with van der Waals surface area (Å²) in [6.07, 6.45) is 0. The lowest BCUT2D eigenvalue weighted by atomic mass is 10.2. The Hall–Kier alpha value is -2.21. The molecule has 5 nitrogen and oxygen atoms in total. The van der Waals surface area contributed by atoms with E-state index in [1.807, 2.05) is 42.6 Å². The SMILES string of the molecule is CC(c1cccs1)N(C)C(=O)NCc1ccc2c(c1)OCO2. The number of amides is 2. The number of urea groups is 1. The van der Waals surface area contributed by atoms with Crippen LogP contribution in [0.5, 0.6) is 11.5 Å². The summed E-state index contributed by atoms with van der Waals surface area (Å²) in [4.78, 5) is 15.1. The van der Waals surface area contributed by atoms with Crippen LogP contribution < -0.4 is 14.8 Å². The number of carbonyl (C=O) groups excluding carboxylic acids is 1. The van der Waals surface area contributed by atoms with E-state index in [1.54, 1.807) is 23.3 Å². The van der Waals surface area contributed by atoms with Crippen LogP contribution >= 0.6 is 11.3 Å². The van der Waals surface area contributed by atoms with Gasteiger partial charge < -0.3 is 19.7 Å². The molecule has 0 saturated carbocycles. The van der Waals surface area contributed by atoms with Gasteiger partial charge in [0, 0.05) is 18.5 Å². The molecule has 6 heteroatoms. The second kappa shape index (κ2) is 6.27. The van der Waals surface area contributed by atoms with Gasteiger partial charge in [-0.1, -0.05) is 12.1 Å². The summed E-state index contributed by atoms with van der Waals surface area (Å²) < 4.78 is 10.6. The van der Waals surface area contributed by atoms with Crippen molar-refractivity contribution in [3.8, 4) is 11.5 Å². The van der Waals surface area contributed by atoms with E-state index in [0.29, 0.717) is 6.54 Å². The van der Waals surface area contributed by atoms with Crippen LogP contribution in [0.15, 0.2) is 35.7 Å². The minimum absolute atomic E-state index is 0.0525. The molecule has 1 N–H and O–H groups in total. The maximum atomic E-state index is 12.3. The number of rotatable bonds is 4. The van der Waals surface area contributed by atoms with Crippen molar-refractivity contribution in [3.63, 3.8) is 0 Å². The summed E-state index contributed by atoms with van der Waals surface area (Å²) in [6, 6.07) is 9.67. The highest BCUT2D eigenvalue weighted by atomic mass is 32.1. The van der Waals surface area contributed by atoms with Crippen molar-refractivity contribution in [2.24, 2.45) is 0 Å². The zero-order valence-electron chi connectivity index (χ0n) is 12.5. The monoisotopic (exact) mass is 318 g/mol. The molecular formula is C16H18N2O3S. The molecule has 2 heterocycles. The van der Waals surface area contributed by atoms with E-state index in [2.05, 4.69) is 5.32 Å². The smallest absolute Gasteiger partial charge is 0.317 e. The van der Waals surface area contributed by atoms with E-state index in [4.69, 9.17) is 9.47 Å². The molecule has 2 aromatic rings. The standard InChI is InChI=1S/C16H18N2O3S/c1-11(15-4-3-7-22-15)18(2)16(19)17-9-12-5-6-13-14(8-12)21-10-20-13/h3-8,11H,9-10H2,1-2H3,(H,17,19). The topological polar surface area (TPSA) is 50.8 Å². The molecule has 0 bridgehead atoms. The lowest BCUT2D eigenvalue weighted by Gasteiger charge is -2.24. The van der Waals surface area contributed by atoms with Crippen molar-refractivity contribution in [3.05, 3.63) is 46.2 Å². The maximum Gasteiger partial charge on any atom is 0.317 e. The first-order valence-corrected chi connectivity index (χ1v) is 7.95. The number of benzene rings is 1. The second-order valence-corrected chi connectivity index (χ2v) is 6.13. The van der Waals surface area contributed by atoms with E-state index in [-0.39, 0.29) is 18.9 Å². The number of ether oxygens (including phenoxy) is 2. The fourth-order valence-electron chi connectivity index (χ4n) is 2.25. The summed E-state index contributed by atoms with van der Waals surface area (Å²) in [5.74, 6) is 1.48. The van der Waals surface area contributed by atoms with Crippen LogP contribution in [0.3, 0.4) is 0 Å². The highest BCUT2D eigenvalue weighted by molar-refractivity contribution is 7.10. The van der Waals surface area contributed by atoms with Gasteiger partial charge in [0.2, 0.25) is 6.79 Å². The molecule has 22 heavy (non-hydrogen) atoms. The fourth-order valence-corrected chi connectivity index (χ4v) is 3.08. The molecule has 1 aromatic carbocycles. The first kappa shape index (κ1) is 14.7. The summed E-state index contributed by atoms with van der Waals surface area (Å²) in [6.45, 7) is 2.73. The van der Waals surface area contributed by atoms with Gasteiger partial charge in [-0.05, 0) is 36.1 Å². The first-order valence-electron chi connectivity index (χ1n) is 7.08. The molecule has 1 aromatic heterocycles. The van der Waals surface area contributed by atoms with E-state index < -0.39 is 0 Å². The number of hydrogen-bond donors (Lipinski definition) is 1. The van der Waals surface area contributed by atoms with Crippen molar-refractivity contribution < 1.29 is 14.3 Å². The van der Waals surface area contributed by atoms with Gasteiger partial charge in [-0.15, -0.1) is 11.3 Å². The van der Waals surface area contributed by atoms with Crippen LogP contribution in [0.4, 0.5) is 4.79 Å². The summed E-state index contributed by atoms with van der Waals surface area (Å²) in [5.41, 5.74) is 0.981. The molecule has 2 amide bonds. The Morgan fingerprint density at radius 3 is 2.95 bits per heavy atom. The second-order valence-electron chi connectivity index (χ2n) is 5.15. The Balaban J connectivity index is 1.58. The van der Waals surface area contributed by atoms with Gasteiger partial charge in [-0.3, -0.25) is 0 Å². The number of thiophene rings is 1. The van der Waals surface area contributed by atoms with Gasteiger partial charge in [0.25, 0.3) is 0 Å². The van der Waals surface area contributed by atoms with Crippen LogP contribution in [0.25, 0.3) is 0 Å². The maximum absolute atomic E-state index is 12.3. The van der Waals surface area contributed by atoms with Crippen molar-refractivity contribution in [1.82, 2.24) is 10.2 Å². The molecule has 0 fully saturated rings. The lowest BCUT2D eigenvalue weighted by Crippen LogP contribution is -2.38. The van der Waals surface area contributed by atoms with Crippen molar-refractivity contribution >= 4 is 17.4 Å². The molecule has 116 valence electrons. The predicted octanol–water partition coefficient (Wildman–Crippen LogP) is 3.38. The van der Waals surface area contributed by atoms with Gasteiger partial charge in [0.05, 0.1) is 6.04 Å². The number of nitrogens with zero attached hydrogens (tertiary/aromatic N) is 1. The molecule has 0 aliphatic carbocycles. The highest BCUT2D eigenvalue weighted by Gasteiger charge is 2.18. The van der Waals surface area contributed by atoms with Crippen molar-refractivity contribution in [2.75, 3.05) is 13.8 Å². The van der Waals surface area contributed by atoms with Crippen LogP contribution in [0.2, 0.25) is 0 Å². The average molecular weight is 318 g/mol. The Morgan fingerprint density at radius 2 is 2.18 bits per heavy atom. The van der Waals surface area contributed by atoms with Gasteiger partial charge in [-0.25, -0.2) is 4.79 Å². The van der Waals surface area contributed by atoms with Gasteiger partial charge in [0.1, 0.15) is 0 Å². The number of hydrogen-bond acceptors (Lipinski definition) is 4. The van der Waals surface area contributed by atoms with Crippen molar-refractivity contribution in [2.45, 2.75) is 19.5 Å². The third-order valence-corrected chi connectivity index (χ3v) is 4.78. The lowest BCUT2D eigenvalue weighted by molar-refractivity contribution is 0.174. The molecule has 3 rings (SSSR count). The third-order valence-electron chi connectivity index (χ3n) is 3.74. The Kier molecular flexibility index (Phi) is 4.20. The molecule has 1 aliphatic rings. The predicted molar refractivity (Wildman–Crippen MR) is 85.3 cm³/mol. The normalized spacial score (nSPS) is 13.7. The number of carbonyl (C=O) groups is 1. The van der Waals surface area contributed by atoms with E-state index in [1.165, 1.54) is 4.88 Å². The molecule has 1 aliphatic heterocycles. The Bertz CT molecular complexity index is 657.